The predicted molar refractivity (Wildman–Crippen MR) is 80.3 cm³/mol. The minimum Gasteiger partial charge on any atom is -0.491 e. The maximum absolute atomic E-state index is 5.88. The van der Waals surface area contributed by atoms with E-state index < -0.39 is 0 Å². The van der Waals surface area contributed by atoms with Crippen molar-refractivity contribution in [3.8, 4) is 5.75 Å². The van der Waals surface area contributed by atoms with E-state index in [9.17, 15) is 0 Å². The van der Waals surface area contributed by atoms with Crippen molar-refractivity contribution in [3.05, 3.63) is 24.0 Å². The molecular weight excluding hydrogens is 260 g/mol. The molecule has 0 aliphatic carbocycles. The normalized spacial score (nSPS) is 11.4. The van der Waals surface area contributed by atoms with Crippen molar-refractivity contribution in [2.24, 2.45) is 0 Å². The molecule has 0 atom stereocenters. The molecule has 0 bridgehead atoms. The summed E-state index contributed by atoms with van der Waals surface area (Å²) in [5.74, 6) is 2.49. The molecule has 0 aliphatic heterocycles. The van der Waals surface area contributed by atoms with Crippen molar-refractivity contribution in [2.75, 3.05) is 12.5 Å². The van der Waals surface area contributed by atoms with Gasteiger partial charge in [-0.25, -0.2) is 4.98 Å². The number of hydrogen-bond donors (Lipinski definition) is 0. The summed E-state index contributed by atoms with van der Waals surface area (Å²) in [5.41, 5.74) is 2.08. The third-order valence-electron chi connectivity index (χ3n) is 3.05. The van der Waals surface area contributed by atoms with Crippen LogP contribution >= 0.6 is 11.6 Å². The van der Waals surface area contributed by atoms with Gasteiger partial charge in [-0.1, -0.05) is 13.0 Å². The summed E-state index contributed by atoms with van der Waals surface area (Å²) in [7, 11) is 0. The number of benzene rings is 1. The van der Waals surface area contributed by atoms with Gasteiger partial charge in [0.1, 0.15) is 17.1 Å². The monoisotopic (exact) mass is 280 g/mol. The summed E-state index contributed by atoms with van der Waals surface area (Å²) in [6.45, 7) is 7.15. The lowest BCUT2D eigenvalue weighted by Crippen LogP contribution is -2.06. The molecule has 0 saturated heterocycles. The highest BCUT2D eigenvalue weighted by Gasteiger charge is 2.15. The molecule has 2 rings (SSSR count). The Bertz CT molecular complexity index is 548. The number of alkyl halides is 1. The van der Waals surface area contributed by atoms with Crippen LogP contribution in [0, 0.1) is 0 Å². The fraction of sp³-hybridized carbons (Fsp3) is 0.533. The molecule has 0 unspecified atom stereocenters. The van der Waals surface area contributed by atoms with Crippen LogP contribution in [-0.2, 0) is 6.42 Å². The molecule has 0 radical (unpaired) electrons. The van der Waals surface area contributed by atoms with Gasteiger partial charge in [-0.05, 0) is 32.4 Å². The fourth-order valence-corrected chi connectivity index (χ4v) is 2.47. The van der Waals surface area contributed by atoms with E-state index in [1.165, 1.54) is 0 Å². The quantitative estimate of drug-likeness (QED) is 0.742. The zero-order valence-electron chi connectivity index (χ0n) is 11.8. The molecule has 2 aromatic rings. The third-order valence-corrected chi connectivity index (χ3v) is 3.24. The molecule has 0 N–H and O–H groups in total. The number of fused-ring (bicyclic) bond motifs is 1. The van der Waals surface area contributed by atoms with E-state index in [2.05, 4.69) is 31.4 Å². The van der Waals surface area contributed by atoms with Gasteiger partial charge in [-0.15, -0.1) is 11.6 Å². The molecule has 104 valence electrons. The number of para-hydroxylation sites is 1. The standard InChI is InChI=1S/C15H21ClN2O/c1-4-10-19-13-7-5-6-12-15(13)17-14(8-9-16)18(12)11(2)3/h5-7,11H,4,8-10H2,1-3H3. The van der Waals surface area contributed by atoms with Gasteiger partial charge in [-0.2, -0.15) is 0 Å². The molecule has 3 nitrogen and oxygen atoms in total. The molecule has 19 heavy (non-hydrogen) atoms. The number of aryl methyl sites for hydroxylation is 1. The minimum absolute atomic E-state index is 0.365. The molecule has 0 amide bonds. The molecular formula is C15H21ClN2O. The van der Waals surface area contributed by atoms with Gasteiger partial charge in [0.25, 0.3) is 0 Å². The van der Waals surface area contributed by atoms with Crippen LogP contribution in [0.25, 0.3) is 11.0 Å². The Hall–Kier alpha value is -1.22. The molecule has 0 fully saturated rings. The second-order valence-electron chi connectivity index (χ2n) is 4.90. The molecule has 1 aromatic carbocycles. The van der Waals surface area contributed by atoms with Crippen LogP contribution in [0.4, 0.5) is 0 Å². The number of halogens is 1. The van der Waals surface area contributed by atoms with E-state index in [-0.39, 0.29) is 0 Å². The van der Waals surface area contributed by atoms with Gasteiger partial charge >= 0.3 is 0 Å². The van der Waals surface area contributed by atoms with Crippen molar-refractivity contribution in [1.29, 1.82) is 0 Å². The fourth-order valence-electron chi connectivity index (χ4n) is 2.31. The highest BCUT2D eigenvalue weighted by Crippen LogP contribution is 2.28. The Kier molecular flexibility index (Phi) is 4.70. The third kappa shape index (κ3) is 2.86. The topological polar surface area (TPSA) is 27.1 Å². The van der Waals surface area contributed by atoms with Crippen LogP contribution in [0.1, 0.15) is 39.1 Å². The smallest absolute Gasteiger partial charge is 0.147 e. The zero-order chi connectivity index (χ0) is 13.8. The zero-order valence-corrected chi connectivity index (χ0v) is 12.6. The maximum Gasteiger partial charge on any atom is 0.147 e. The molecule has 0 saturated carbocycles. The Morgan fingerprint density at radius 3 is 2.79 bits per heavy atom. The number of aromatic nitrogens is 2. The van der Waals surface area contributed by atoms with Gasteiger partial charge in [0.15, 0.2) is 0 Å². The van der Waals surface area contributed by atoms with E-state index in [1.54, 1.807) is 0 Å². The van der Waals surface area contributed by atoms with Crippen LogP contribution in [0.3, 0.4) is 0 Å². The number of ether oxygens (including phenoxy) is 1. The SMILES string of the molecule is CCCOc1cccc2c1nc(CCCl)n2C(C)C. The van der Waals surface area contributed by atoms with Crippen molar-refractivity contribution < 1.29 is 4.74 Å². The van der Waals surface area contributed by atoms with Crippen LogP contribution in [0.5, 0.6) is 5.75 Å². The van der Waals surface area contributed by atoms with Crippen LogP contribution < -0.4 is 4.74 Å². The highest BCUT2D eigenvalue weighted by molar-refractivity contribution is 6.17. The van der Waals surface area contributed by atoms with Crippen molar-refractivity contribution in [1.82, 2.24) is 9.55 Å². The molecule has 0 aliphatic rings. The van der Waals surface area contributed by atoms with E-state index in [4.69, 9.17) is 21.3 Å². The number of imidazole rings is 1. The Labute approximate surface area is 119 Å². The summed E-state index contributed by atoms with van der Waals surface area (Å²) in [5, 5.41) is 0. The van der Waals surface area contributed by atoms with Gasteiger partial charge < -0.3 is 9.30 Å². The second-order valence-corrected chi connectivity index (χ2v) is 5.28. The largest absolute Gasteiger partial charge is 0.491 e. The summed E-state index contributed by atoms with van der Waals surface area (Å²) < 4.78 is 8.03. The Balaban J connectivity index is 2.54. The van der Waals surface area contributed by atoms with Crippen LogP contribution in [0.15, 0.2) is 18.2 Å². The van der Waals surface area contributed by atoms with Gasteiger partial charge in [0, 0.05) is 18.3 Å². The summed E-state index contributed by atoms with van der Waals surface area (Å²) >= 11 is 5.88. The average molecular weight is 281 g/mol. The lowest BCUT2D eigenvalue weighted by atomic mass is 10.2. The Morgan fingerprint density at radius 1 is 1.37 bits per heavy atom. The molecule has 1 heterocycles. The molecule has 4 heteroatoms. The maximum atomic E-state index is 5.88. The van der Waals surface area contributed by atoms with Gasteiger partial charge in [-0.3, -0.25) is 0 Å². The van der Waals surface area contributed by atoms with E-state index in [0.29, 0.717) is 11.9 Å². The highest BCUT2D eigenvalue weighted by atomic mass is 35.5. The summed E-state index contributed by atoms with van der Waals surface area (Å²) in [6, 6.07) is 6.47. The lowest BCUT2D eigenvalue weighted by Gasteiger charge is -2.12. The van der Waals surface area contributed by atoms with Crippen LogP contribution in [0.2, 0.25) is 0 Å². The van der Waals surface area contributed by atoms with Crippen molar-refractivity contribution in [2.45, 2.75) is 39.7 Å². The first kappa shape index (κ1) is 14.2. The van der Waals surface area contributed by atoms with Crippen molar-refractivity contribution >= 4 is 22.6 Å². The number of hydrogen-bond acceptors (Lipinski definition) is 2. The Morgan fingerprint density at radius 2 is 2.16 bits per heavy atom. The van der Waals surface area contributed by atoms with E-state index in [1.807, 2.05) is 12.1 Å². The second kappa shape index (κ2) is 6.29. The first-order chi connectivity index (χ1) is 9.19. The van der Waals surface area contributed by atoms with Gasteiger partial charge in [0.2, 0.25) is 0 Å². The minimum atomic E-state index is 0.365. The number of rotatable bonds is 6. The average Bonchev–Trinajstić information content (AvgIpc) is 2.75. The first-order valence-electron chi connectivity index (χ1n) is 6.87. The number of nitrogens with zero attached hydrogens (tertiary/aromatic N) is 2. The van der Waals surface area contributed by atoms with Gasteiger partial charge in [0.05, 0.1) is 12.1 Å². The van der Waals surface area contributed by atoms with E-state index >= 15 is 0 Å². The first-order valence-corrected chi connectivity index (χ1v) is 7.41. The molecule has 1 aromatic heterocycles. The lowest BCUT2D eigenvalue weighted by molar-refractivity contribution is 0.320. The summed E-state index contributed by atoms with van der Waals surface area (Å²) in [6.07, 6.45) is 1.78. The summed E-state index contributed by atoms with van der Waals surface area (Å²) in [4.78, 5) is 4.73. The van der Waals surface area contributed by atoms with Crippen LogP contribution in [-0.4, -0.2) is 22.0 Å². The van der Waals surface area contributed by atoms with E-state index in [0.717, 1.165) is 42.1 Å². The predicted octanol–water partition coefficient (Wildman–Crippen LogP) is 4.19. The van der Waals surface area contributed by atoms with Crippen molar-refractivity contribution in [3.63, 3.8) is 0 Å². The molecule has 0 spiro atoms.